The summed E-state index contributed by atoms with van der Waals surface area (Å²) >= 11 is 0. The van der Waals surface area contributed by atoms with Crippen LogP contribution in [0.4, 0.5) is 0 Å². The number of aryl methyl sites for hydroxylation is 2. The lowest BCUT2D eigenvalue weighted by Gasteiger charge is -2.26. The number of carboxylic acids is 1. The van der Waals surface area contributed by atoms with Gasteiger partial charge in [0.25, 0.3) is 5.91 Å². The first-order chi connectivity index (χ1) is 17.2. The average molecular weight is 492 g/mol. The number of carbonyl (C=O) groups is 2. The number of ether oxygens (including phenoxy) is 1. The molecule has 1 saturated carbocycles. The van der Waals surface area contributed by atoms with Gasteiger partial charge in [-0.1, -0.05) is 30.3 Å². The van der Waals surface area contributed by atoms with Crippen LogP contribution in [-0.2, 0) is 16.0 Å². The number of carbonyl (C=O) groups excluding carboxylic acids is 1. The Morgan fingerprint density at radius 1 is 1.06 bits per heavy atom. The van der Waals surface area contributed by atoms with Crippen molar-refractivity contribution in [2.24, 2.45) is 11.8 Å². The normalized spacial score (nSPS) is 18.5. The van der Waals surface area contributed by atoms with E-state index in [1.807, 2.05) is 56.3 Å². The van der Waals surface area contributed by atoms with E-state index in [1.165, 1.54) is 0 Å². The van der Waals surface area contributed by atoms with Crippen LogP contribution in [-0.4, -0.2) is 29.6 Å². The molecule has 0 unspecified atom stereocenters. The van der Waals surface area contributed by atoms with Crippen LogP contribution in [0.1, 0.15) is 54.9 Å². The summed E-state index contributed by atoms with van der Waals surface area (Å²) in [6, 6.07) is 13.5. The van der Waals surface area contributed by atoms with Crippen molar-refractivity contribution in [2.45, 2.75) is 59.0 Å². The molecule has 190 valence electrons. The second kappa shape index (κ2) is 11.0. The van der Waals surface area contributed by atoms with Gasteiger partial charge < -0.3 is 19.6 Å². The molecule has 3 aromatic rings. The van der Waals surface area contributed by atoms with Crippen molar-refractivity contribution < 1.29 is 23.8 Å². The van der Waals surface area contributed by atoms with Crippen molar-refractivity contribution in [2.75, 3.05) is 6.54 Å². The molecule has 7 nitrogen and oxygen atoms in total. The van der Waals surface area contributed by atoms with Gasteiger partial charge in [0.15, 0.2) is 6.10 Å². The van der Waals surface area contributed by atoms with E-state index >= 15 is 0 Å². The molecule has 1 aliphatic rings. The first-order valence-electron chi connectivity index (χ1n) is 12.5. The molecule has 7 heteroatoms. The van der Waals surface area contributed by atoms with E-state index in [2.05, 4.69) is 5.32 Å². The Balaban J connectivity index is 1.43. The van der Waals surface area contributed by atoms with Gasteiger partial charge in [-0.3, -0.25) is 9.59 Å². The van der Waals surface area contributed by atoms with Crippen LogP contribution < -0.4 is 15.7 Å². The maximum absolute atomic E-state index is 12.8. The Kier molecular flexibility index (Phi) is 7.77. The van der Waals surface area contributed by atoms with Crippen molar-refractivity contribution in [1.29, 1.82) is 0 Å². The van der Waals surface area contributed by atoms with Gasteiger partial charge in [-0.15, -0.1) is 0 Å². The van der Waals surface area contributed by atoms with Gasteiger partial charge in [-0.25, -0.2) is 4.79 Å². The molecular weight excluding hydrogens is 458 g/mol. The zero-order valence-electron chi connectivity index (χ0n) is 21.0. The average Bonchev–Trinajstić information content (AvgIpc) is 2.87. The predicted molar refractivity (Wildman–Crippen MR) is 137 cm³/mol. The minimum Gasteiger partial charge on any atom is -0.481 e. The van der Waals surface area contributed by atoms with Crippen molar-refractivity contribution in [3.63, 3.8) is 0 Å². The van der Waals surface area contributed by atoms with Crippen LogP contribution in [0.2, 0.25) is 0 Å². The number of carboxylic acid groups (broad SMARTS) is 1. The molecule has 0 aliphatic heterocycles. The fraction of sp³-hybridized carbons (Fsp3) is 0.414. The van der Waals surface area contributed by atoms with Crippen molar-refractivity contribution in [3.05, 3.63) is 75.1 Å². The zero-order chi connectivity index (χ0) is 25.8. The molecule has 0 saturated heterocycles. The van der Waals surface area contributed by atoms with E-state index in [-0.39, 0.29) is 23.4 Å². The Morgan fingerprint density at radius 3 is 2.42 bits per heavy atom. The number of benzene rings is 2. The lowest BCUT2D eigenvalue weighted by atomic mass is 9.82. The van der Waals surface area contributed by atoms with Crippen LogP contribution in [0.5, 0.6) is 5.75 Å². The minimum absolute atomic E-state index is 0.231. The molecule has 0 spiro atoms. The highest BCUT2D eigenvalue weighted by Gasteiger charge is 2.27. The van der Waals surface area contributed by atoms with Gasteiger partial charge in [0, 0.05) is 29.5 Å². The molecule has 1 aliphatic carbocycles. The summed E-state index contributed by atoms with van der Waals surface area (Å²) in [4.78, 5) is 36.6. The Labute approximate surface area is 210 Å². The molecule has 0 radical (unpaired) electrons. The van der Waals surface area contributed by atoms with Crippen molar-refractivity contribution in [1.82, 2.24) is 5.32 Å². The summed E-state index contributed by atoms with van der Waals surface area (Å²) in [6.07, 6.45) is 2.65. The monoisotopic (exact) mass is 491 g/mol. The molecule has 1 heterocycles. The highest BCUT2D eigenvalue weighted by atomic mass is 16.5. The lowest BCUT2D eigenvalue weighted by Crippen LogP contribution is -2.39. The van der Waals surface area contributed by atoms with Gasteiger partial charge in [0.2, 0.25) is 0 Å². The number of aliphatic carboxylic acids is 1. The zero-order valence-corrected chi connectivity index (χ0v) is 21.0. The number of rotatable bonds is 8. The minimum atomic E-state index is -0.735. The summed E-state index contributed by atoms with van der Waals surface area (Å²) < 4.78 is 11.7. The van der Waals surface area contributed by atoms with Crippen LogP contribution in [0.3, 0.4) is 0 Å². The predicted octanol–water partition coefficient (Wildman–Crippen LogP) is 4.78. The topological polar surface area (TPSA) is 106 Å². The molecular formula is C29H33NO6. The molecule has 1 amide bonds. The highest BCUT2D eigenvalue weighted by Crippen LogP contribution is 2.31. The largest absolute Gasteiger partial charge is 0.481 e. The molecule has 1 fully saturated rings. The maximum Gasteiger partial charge on any atom is 0.340 e. The molecule has 36 heavy (non-hydrogen) atoms. The molecule has 1 atom stereocenters. The second-order valence-electron chi connectivity index (χ2n) is 9.78. The Bertz CT molecular complexity index is 1300. The van der Waals surface area contributed by atoms with E-state index in [0.29, 0.717) is 48.3 Å². The summed E-state index contributed by atoms with van der Waals surface area (Å²) in [5.41, 5.74) is 3.32. The number of hydrogen-bond donors (Lipinski definition) is 2. The van der Waals surface area contributed by atoms with Gasteiger partial charge >= 0.3 is 11.6 Å². The SMILES string of the molecule is Cc1c(Cc2ccccc2)c(=O)oc2c(C)c(O[C@@H](C)C(=O)NCC3CCC(C(=O)O)CC3)ccc12. The van der Waals surface area contributed by atoms with Gasteiger partial charge in [-0.2, -0.15) is 0 Å². The molecule has 1 aromatic heterocycles. The standard InChI is InChI=1S/C29H33NO6/c1-17-23-13-14-25(18(2)26(23)36-29(34)24(17)15-20-7-5-4-6-8-20)35-19(3)27(31)30-16-21-9-11-22(12-10-21)28(32)33/h4-8,13-14,19,21-22H,9-12,15-16H2,1-3H3,(H,30,31)(H,32,33)/t19-,21?,22?/m0/s1. The molecule has 4 rings (SSSR count). The maximum atomic E-state index is 12.8. The molecule has 2 aromatic carbocycles. The van der Waals surface area contributed by atoms with E-state index in [4.69, 9.17) is 14.3 Å². The van der Waals surface area contributed by atoms with Crippen LogP contribution in [0.15, 0.2) is 51.7 Å². The quantitative estimate of drug-likeness (QED) is 0.440. The third-order valence-corrected chi connectivity index (χ3v) is 7.31. The first-order valence-corrected chi connectivity index (χ1v) is 12.5. The smallest absolute Gasteiger partial charge is 0.340 e. The van der Waals surface area contributed by atoms with E-state index < -0.39 is 12.1 Å². The van der Waals surface area contributed by atoms with E-state index in [9.17, 15) is 14.4 Å². The fourth-order valence-corrected chi connectivity index (χ4v) is 4.95. The summed E-state index contributed by atoms with van der Waals surface area (Å²) in [5, 5.41) is 12.9. The summed E-state index contributed by atoms with van der Waals surface area (Å²) in [6.45, 7) is 5.94. The number of hydrogen-bond acceptors (Lipinski definition) is 5. The van der Waals surface area contributed by atoms with Crippen LogP contribution in [0.25, 0.3) is 11.0 Å². The third kappa shape index (κ3) is 5.61. The fourth-order valence-electron chi connectivity index (χ4n) is 4.95. The molecule has 0 bridgehead atoms. The van der Waals surface area contributed by atoms with E-state index in [0.717, 1.165) is 29.4 Å². The van der Waals surface area contributed by atoms with Gasteiger partial charge in [0.1, 0.15) is 11.3 Å². The van der Waals surface area contributed by atoms with Gasteiger partial charge in [0.05, 0.1) is 5.92 Å². The first kappa shape index (κ1) is 25.5. The summed E-state index contributed by atoms with van der Waals surface area (Å²) in [5.74, 6) is -0.463. The number of fused-ring (bicyclic) bond motifs is 1. The molecule has 2 N–H and O–H groups in total. The third-order valence-electron chi connectivity index (χ3n) is 7.31. The lowest BCUT2D eigenvalue weighted by molar-refractivity contribution is -0.143. The van der Waals surface area contributed by atoms with Crippen LogP contribution >= 0.6 is 0 Å². The highest BCUT2D eigenvalue weighted by molar-refractivity contribution is 5.86. The van der Waals surface area contributed by atoms with Crippen molar-refractivity contribution in [3.8, 4) is 5.75 Å². The Morgan fingerprint density at radius 2 is 1.75 bits per heavy atom. The second-order valence-corrected chi connectivity index (χ2v) is 9.78. The van der Waals surface area contributed by atoms with E-state index in [1.54, 1.807) is 6.92 Å². The summed E-state index contributed by atoms with van der Waals surface area (Å²) in [7, 11) is 0. The number of amides is 1. The Hall–Kier alpha value is -3.61. The number of nitrogens with one attached hydrogen (secondary N) is 1. The van der Waals surface area contributed by atoms with Crippen LogP contribution in [0, 0.1) is 25.7 Å². The van der Waals surface area contributed by atoms with Gasteiger partial charge in [-0.05, 0) is 75.6 Å². The van der Waals surface area contributed by atoms with Crippen molar-refractivity contribution >= 4 is 22.8 Å².